The van der Waals surface area contributed by atoms with Gasteiger partial charge in [0.1, 0.15) is 23.1 Å². The van der Waals surface area contributed by atoms with Crippen LogP contribution in [0.4, 0.5) is 10.1 Å². The lowest BCUT2D eigenvalue weighted by Crippen LogP contribution is -2.55. The van der Waals surface area contributed by atoms with Gasteiger partial charge in [0, 0.05) is 31.2 Å². The van der Waals surface area contributed by atoms with Crippen LogP contribution in [0.5, 0.6) is 11.5 Å². The van der Waals surface area contributed by atoms with Gasteiger partial charge >= 0.3 is 0 Å². The van der Waals surface area contributed by atoms with E-state index in [9.17, 15) is 9.18 Å². The quantitative estimate of drug-likeness (QED) is 0.536. The number of amidine groups is 1. The Balaban J connectivity index is 1.45. The van der Waals surface area contributed by atoms with Gasteiger partial charge in [-0.15, -0.1) is 0 Å². The van der Waals surface area contributed by atoms with Crippen molar-refractivity contribution < 1.29 is 13.9 Å². The molecule has 0 bridgehead atoms. The highest BCUT2D eigenvalue weighted by Gasteiger charge is 2.32. The first kappa shape index (κ1) is 20.2. The van der Waals surface area contributed by atoms with Crippen LogP contribution in [0, 0.1) is 12.7 Å². The van der Waals surface area contributed by atoms with Gasteiger partial charge in [0.15, 0.2) is 5.75 Å². The number of aryl methyl sites for hydroxylation is 1. The van der Waals surface area contributed by atoms with Crippen molar-refractivity contribution in [2.45, 2.75) is 19.9 Å². The van der Waals surface area contributed by atoms with Crippen molar-refractivity contribution in [2.75, 3.05) is 19.6 Å². The molecular formula is C26H24FN3O2. The maximum Gasteiger partial charge on any atom is 0.254 e. The fourth-order valence-electron chi connectivity index (χ4n) is 4.31. The Morgan fingerprint density at radius 3 is 2.69 bits per heavy atom. The van der Waals surface area contributed by atoms with Crippen molar-refractivity contribution in [3.8, 4) is 11.5 Å². The molecule has 6 heteroatoms. The molecule has 0 saturated carbocycles. The van der Waals surface area contributed by atoms with E-state index in [2.05, 4.69) is 4.90 Å². The Labute approximate surface area is 186 Å². The van der Waals surface area contributed by atoms with Gasteiger partial charge in [-0.3, -0.25) is 4.79 Å². The number of rotatable bonds is 1. The topological polar surface area (TPSA) is 45.1 Å². The zero-order chi connectivity index (χ0) is 22.2. The van der Waals surface area contributed by atoms with Gasteiger partial charge < -0.3 is 14.5 Å². The molecule has 1 fully saturated rings. The molecule has 3 aromatic rings. The Hall–Kier alpha value is -3.67. The minimum atomic E-state index is -0.402. The van der Waals surface area contributed by atoms with E-state index in [0.717, 1.165) is 34.1 Å². The third kappa shape index (κ3) is 3.73. The number of carbonyl (C=O) groups is 1. The molecule has 1 saturated heterocycles. The third-order valence-corrected chi connectivity index (χ3v) is 5.95. The maximum atomic E-state index is 13.6. The smallest absolute Gasteiger partial charge is 0.254 e. The van der Waals surface area contributed by atoms with Crippen LogP contribution in [0.1, 0.15) is 28.4 Å². The molecule has 5 rings (SSSR count). The Kier molecular flexibility index (Phi) is 5.13. The molecule has 2 heterocycles. The summed E-state index contributed by atoms with van der Waals surface area (Å²) in [5.41, 5.74) is 3.20. The number of halogens is 1. The van der Waals surface area contributed by atoms with Crippen LogP contribution in [0.3, 0.4) is 0 Å². The molecule has 0 radical (unpaired) electrons. The largest absolute Gasteiger partial charge is 0.454 e. The summed E-state index contributed by atoms with van der Waals surface area (Å²) in [4.78, 5) is 22.0. The first-order valence-corrected chi connectivity index (χ1v) is 10.8. The second kappa shape index (κ2) is 8.11. The highest BCUT2D eigenvalue weighted by molar-refractivity contribution is 6.04. The van der Waals surface area contributed by atoms with Crippen molar-refractivity contribution in [3.05, 3.63) is 89.2 Å². The molecule has 1 atom stereocenters. The molecule has 0 aliphatic carbocycles. The van der Waals surface area contributed by atoms with E-state index in [-0.39, 0.29) is 11.9 Å². The summed E-state index contributed by atoms with van der Waals surface area (Å²) in [6.07, 6.45) is 0. The molecule has 2 aliphatic rings. The molecule has 1 amide bonds. The number of benzene rings is 3. The number of amides is 1. The van der Waals surface area contributed by atoms with Crippen LogP contribution in [-0.2, 0) is 0 Å². The van der Waals surface area contributed by atoms with E-state index in [1.807, 2.05) is 61.2 Å². The second-order valence-corrected chi connectivity index (χ2v) is 8.31. The van der Waals surface area contributed by atoms with E-state index in [4.69, 9.17) is 9.73 Å². The predicted molar refractivity (Wildman–Crippen MR) is 122 cm³/mol. The minimum Gasteiger partial charge on any atom is -0.454 e. The summed E-state index contributed by atoms with van der Waals surface area (Å²) in [5, 5.41) is 0. The summed E-state index contributed by atoms with van der Waals surface area (Å²) in [6.45, 7) is 5.82. The van der Waals surface area contributed by atoms with Crippen molar-refractivity contribution in [3.63, 3.8) is 0 Å². The van der Waals surface area contributed by atoms with E-state index < -0.39 is 5.82 Å². The van der Waals surface area contributed by atoms with Crippen LogP contribution >= 0.6 is 0 Å². The summed E-state index contributed by atoms with van der Waals surface area (Å²) in [7, 11) is 0. The number of carbonyl (C=O) groups excluding carboxylic acids is 1. The summed E-state index contributed by atoms with van der Waals surface area (Å²) in [6, 6.07) is 19.7. The van der Waals surface area contributed by atoms with E-state index in [1.165, 1.54) is 12.1 Å². The monoisotopic (exact) mass is 429 g/mol. The van der Waals surface area contributed by atoms with Gasteiger partial charge in [-0.05, 0) is 61.9 Å². The standard InChI is InChI=1S/C26H24FN3O2/c1-17-10-11-22-24(14-17)32-23-9-4-3-8-21(23)25(28-22)29-12-13-30(18(2)16-29)26(31)19-6-5-7-20(27)15-19/h3-11,14-15,18H,12-13,16H2,1-2H3/t18-/m1/s1. The Morgan fingerprint density at radius 2 is 1.88 bits per heavy atom. The lowest BCUT2D eigenvalue weighted by Gasteiger charge is -2.41. The number of fused-ring (bicyclic) bond motifs is 2. The van der Waals surface area contributed by atoms with Gasteiger partial charge in [-0.2, -0.15) is 0 Å². The number of para-hydroxylation sites is 1. The molecule has 32 heavy (non-hydrogen) atoms. The van der Waals surface area contributed by atoms with Gasteiger partial charge in [0.25, 0.3) is 5.91 Å². The number of piperazine rings is 1. The Bertz CT molecular complexity index is 1220. The number of nitrogens with zero attached hydrogens (tertiary/aromatic N) is 3. The first-order valence-electron chi connectivity index (χ1n) is 10.8. The number of hydrogen-bond acceptors (Lipinski definition) is 4. The average molecular weight is 429 g/mol. The normalized spacial score (nSPS) is 17.6. The van der Waals surface area contributed by atoms with E-state index in [1.54, 1.807) is 12.1 Å². The maximum absolute atomic E-state index is 13.6. The van der Waals surface area contributed by atoms with Gasteiger partial charge in [0.05, 0.1) is 5.56 Å². The zero-order valence-electron chi connectivity index (χ0n) is 18.1. The van der Waals surface area contributed by atoms with Crippen molar-refractivity contribution >= 4 is 17.4 Å². The van der Waals surface area contributed by atoms with Crippen LogP contribution in [-0.4, -0.2) is 47.2 Å². The fraction of sp³-hybridized carbons (Fsp3) is 0.231. The number of hydrogen-bond donors (Lipinski definition) is 0. The minimum absolute atomic E-state index is 0.0592. The highest BCUT2D eigenvalue weighted by Crippen LogP contribution is 2.39. The molecule has 0 aromatic heterocycles. The fourth-order valence-corrected chi connectivity index (χ4v) is 4.31. The Morgan fingerprint density at radius 1 is 1.03 bits per heavy atom. The summed E-state index contributed by atoms with van der Waals surface area (Å²) in [5.74, 6) is 1.79. The van der Waals surface area contributed by atoms with Gasteiger partial charge in [-0.1, -0.05) is 24.3 Å². The lowest BCUT2D eigenvalue weighted by atomic mass is 10.1. The molecule has 0 spiro atoms. The van der Waals surface area contributed by atoms with Gasteiger partial charge in [-0.25, -0.2) is 9.38 Å². The number of aliphatic imine (C=N–C) groups is 1. The molecule has 162 valence electrons. The second-order valence-electron chi connectivity index (χ2n) is 8.31. The number of ether oxygens (including phenoxy) is 1. The molecule has 0 N–H and O–H groups in total. The zero-order valence-corrected chi connectivity index (χ0v) is 18.1. The first-order chi connectivity index (χ1) is 15.5. The molecular weight excluding hydrogens is 405 g/mol. The lowest BCUT2D eigenvalue weighted by molar-refractivity contribution is 0.0581. The SMILES string of the molecule is Cc1ccc2c(c1)Oc1ccccc1C(N1CCN(C(=O)c3cccc(F)c3)[C@H](C)C1)=N2. The molecule has 0 unspecified atom stereocenters. The summed E-state index contributed by atoms with van der Waals surface area (Å²) < 4.78 is 19.8. The van der Waals surface area contributed by atoms with Crippen molar-refractivity contribution in [1.82, 2.24) is 9.80 Å². The summed E-state index contributed by atoms with van der Waals surface area (Å²) >= 11 is 0. The molecule has 2 aliphatic heterocycles. The van der Waals surface area contributed by atoms with E-state index >= 15 is 0 Å². The average Bonchev–Trinajstić information content (AvgIpc) is 2.95. The van der Waals surface area contributed by atoms with Crippen molar-refractivity contribution in [1.29, 1.82) is 0 Å². The van der Waals surface area contributed by atoms with Crippen LogP contribution < -0.4 is 4.74 Å². The van der Waals surface area contributed by atoms with Crippen LogP contribution in [0.25, 0.3) is 0 Å². The van der Waals surface area contributed by atoms with Gasteiger partial charge in [0.2, 0.25) is 0 Å². The van der Waals surface area contributed by atoms with E-state index in [0.29, 0.717) is 25.2 Å². The predicted octanol–water partition coefficient (Wildman–Crippen LogP) is 5.16. The molecule has 3 aromatic carbocycles. The third-order valence-electron chi connectivity index (χ3n) is 5.95. The van der Waals surface area contributed by atoms with Crippen LogP contribution in [0.2, 0.25) is 0 Å². The molecule has 5 nitrogen and oxygen atoms in total. The highest BCUT2D eigenvalue weighted by atomic mass is 19.1. The van der Waals surface area contributed by atoms with Crippen molar-refractivity contribution in [2.24, 2.45) is 4.99 Å². The van der Waals surface area contributed by atoms with Crippen LogP contribution in [0.15, 0.2) is 71.7 Å².